The van der Waals surface area contributed by atoms with Gasteiger partial charge in [0.25, 0.3) is 5.89 Å². The lowest BCUT2D eigenvalue weighted by molar-refractivity contribution is 0.0835. The van der Waals surface area contributed by atoms with Crippen LogP contribution in [0.2, 0.25) is 0 Å². The topological polar surface area (TPSA) is 90.3 Å². The molecule has 3 aromatic rings. The molecule has 2 aromatic heterocycles. The maximum Gasteiger partial charge on any atom is 0.255 e. The first kappa shape index (κ1) is 14.3. The van der Waals surface area contributed by atoms with Crippen molar-refractivity contribution in [3.05, 3.63) is 35.5 Å². The molecule has 3 heterocycles. The summed E-state index contributed by atoms with van der Waals surface area (Å²) in [5.74, 6) is 1.25. The molecule has 1 aliphatic heterocycles. The fourth-order valence-corrected chi connectivity index (χ4v) is 2.77. The van der Waals surface area contributed by atoms with Gasteiger partial charge in [0.1, 0.15) is 17.1 Å². The van der Waals surface area contributed by atoms with Crippen molar-refractivity contribution in [1.29, 1.82) is 0 Å². The van der Waals surface area contributed by atoms with E-state index in [9.17, 15) is 0 Å². The Balaban J connectivity index is 1.40. The Morgan fingerprint density at radius 2 is 2.09 bits per heavy atom. The minimum atomic E-state index is -0.0383. The Kier molecular flexibility index (Phi) is 3.76. The van der Waals surface area contributed by atoms with Gasteiger partial charge in [0.05, 0.1) is 6.54 Å². The van der Waals surface area contributed by atoms with E-state index in [1.54, 1.807) is 0 Å². The van der Waals surface area contributed by atoms with Gasteiger partial charge in [-0.05, 0) is 47.9 Å². The van der Waals surface area contributed by atoms with Gasteiger partial charge >= 0.3 is 0 Å². The quantitative estimate of drug-likeness (QED) is 0.707. The summed E-state index contributed by atoms with van der Waals surface area (Å²) in [7, 11) is 2.01. The smallest absolute Gasteiger partial charge is 0.255 e. The van der Waals surface area contributed by atoms with Crippen molar-refractivity contribution in [3.63, 3.8) is 0 Å². The molecule has 0 bridgehead atoms. The van der Waals surface area contributed by atoms with Crippen LogP contribution in [-0.2, 0) is 17.8 Å². The molecule has 1 atom stereocenters. The minimum absolute atomic E-state index is 0.0383. The molecule has 1 aliphatic rings. The standard InChI is InChI=1S/C15H17N5O3/c1-20(8-10-4-5-11-12(7-10)18-23-17-11)9-14-16-15(22-19-14)13-3-2-6-21-13/h4-5,7,13H,2-3,6,8-9H2,1H3. The van der Waals surface area contributed by atoms with Gasteiger partial charge in [-0.25, -0.2) is 4.63 Å². The molecule has 23 heavy (non-hydrogen) atoms. The fourth-order valence-electron chi connectivity index (χ4n) is 2.77. The highest BCUT2D eigenvalue weighted by atomic mass is 16.6. The lowest BCUT2D eigenvalue weighted by Crippen LogP contribution is -2.18. The summed E-state index contributed by atoms with van der Waals surface area (Å²) in [6.45, 7) is 2.11. The van der Waals surface area contributed by atoms with Crippen molar-refractivity contribution < 1.29 is 13.9 Å². The van der Waals surface area contributed by atoms with Crippen LogP contribution in [0.5, 0.6) is 0 Å². The van der Waals surface area contributed by atoms with Crippen molar-refractivity contribution in [1.82, 2.24) is 25.4 Å². The molecule has 0 amide bonds. The Morgan fingerprint density at radius 3 is 2.96 bits per heavy atom. The van der Waals surface area contributed by atoms with E-state index in [-0.39, 0.29) is 6.10 Å². The Bertz CT molecular complexity index is 793. The number of benzene rings is 1. The van der Waals surface area contributed by atoms with Crippen molar-refractivity contribution in [2.75, 3.05) is 13.7 Å². The average molecular weight is 315 g/mol. The first-order valence-corrected chi connectivity index (χ1v) is 7.62. The van der Waals surface area contributed by atoms with Crippen LogP contribution in [0, 0.1) is 0 Å². The van der Waals surface area contributed by atoms with Crippen LogP contribution in [0.4, 0.5) is 0 Å². The van der Waals surface area contributed by atoms with Gasteiger partial charge in [-0.2, -0.15) is 4.98 Å². The lowest BCUT2D eigenvalue weighted by atomic mass is 10.2. The molecule has 0 saturated carbocycles. The number of fused-ring (bicyclic) bond motifs is 1. The second-order valence-electron chi connectivity index (χ2n) is 5.81. The summed E-state index contributed by atoms with van der Waals surface area (Å²) in [6, 6.07) is 5.88. The van der Waals surface area contributed by atoms with Crippen LogP contribution in [0.1, 0.15) is 36.2 Å². The Hall–Kier alpha value is -2.32. The average Bonchev–Trinajstić information content (AvgIpc) is 3.27. The normalized spacial score (nSPS) is 18.3. The van der Waals surface area contributed by atoms with Gasteiger partial charge in [0.15, 0.2) is 5.82 Å². The number of hydrogen-bond donors (Lipinski definition) is 0. The monoisotopic (exact) mass is 315 g/mol. The maximum atomic E-state index is 5.55. The molecule has 0 spiro atoms. The number of ether oxygens (including phenoxy) is 1. The summed E-state index contributed by atoms with van der Waals surface area (Å²) < 4.78 is 15.6. The highest BCUT2D eigenvalue weighted by Gasteiger charge is 2.24. The number of rotatable bonds is 5. The largest absolute Gasteiger partial charge is 0.368 e. The predicted octanol–water partition coefficient (Wildman–Crippen LogP) is 2.09. The van der Waals surface area contributed by atoms with E-state index < -0.39 is 0 Å². The van der Waals surface area contributed by atoms with Gasteiger partial charge in [0, 0.05) is 13.2 Å². The summed E-state index contributed by atoms with van der Waals surface area (Å²) in [4.78, 5) is 6.54. The molecule has 8 heteroatoms. The fraction of sp³-hybridized carbons (Fsp3) is 0.467. The number of aromatic nitrogens is 4. The van der Waals surface area contributed by atoms with Crippen LogP contribution < -0.4 is 0 Å². The molecule has 4 rings (SSSR count). The maximum absolute atomic E-state index is 5.55. The van der Waals surface area contributed by atoms with Crippen molar-refractivity contribution in [2.45, 2.75) is 32.0 Å². The van der Waals surface area contributed by atoms with E-state index >= 15 is 0 Å². The van der Waals surface area contributed by atoms with E-state index in [1.165, 1.54) is 0 Å². The zero-order valence-electron chi connectivity index (χ0n) is 12.8. The van der Waals surface area contributed by atoms with Gasteiger partial charge in [-0.1, -0.05) is 11.2 Å². The molecular weight excluding hydrogens is 298 g/mol. The van der Waals surface area contributed by atoms with Crippen LogP contribution in [0.25, 0.3) is 11.0 Å². The second kappa shape index (κ2) is 6.05. The first-order valence-electron chi connectivity index (χ1n) is 7.62. The van der Waals surface area contributed by atoms with Crippen LogP contribution in [0.3, 0.4) is 0 Å². The third-order valence-electron chi connectivity index (χ3n) is 3.87. The summed E-state index contributed by atoms with van der Waals surface area (Å²) in [5, 5.41) is 11.7. The Morgan fingerprint density at radius 1 is 1.17 bits per heavy atom. The van der Waals surface area contributed by atoms with E-state index in [1.807, 2.05) is 25.2 Å². The van der Waals surface area contributed by atoms with Crippen molar-refractivity contribution >= 4 is 11.0 Å². The number of hydrogen-bond acceptors (Lipinski definition) is 8. The second-order valence-corrected chi connectivity index (χ2v) is 5.81. The molecule has 1 fully saturated rings. The van der Waals surface area contributed by atoms with E-state index in [2.05, 4.69) is 25.4 Å². The summed E-state index contributed by atoms with van der Waals surface area (Å²) in [5.41, 5.74) is 2.64. The van der Waals surface area contributed by atoms with Crippen molar-refractivity contribution in [2.24, 2.45) is 0 Å². The first-order chi connectivity index (χ1) is 11.3. The lowest BCUT2D eigenvalue weighted by Gasteiger charge is -2.14. The number of nitrogens with zero attached hydrogens (tertiary/aromatic N) is 5. The van der Waals surface area contributed by atoms with Gasteiger partial charge in [0.2, 0.25) is 0 Å². The zero-order valence-corrected chi connectivity index (χ0v) is 12.8. The molecule has 8 nitrogen and oxygen atoms in total. The minimum Gasteiger partial charge on any atom is -0.368 e. The molecular formula is C15H17N5O3. The molecule has 0 aliphatic carbocycles. The molecule has 1 aromatic carbocycles. The van der Waals surface area contributed by atoms with Gasteiger partial charge in [-0.3, -0.25) is 4.90 Å². The third kappa shape index (κ3) is 3.08. The zero-order chi connectivity index (χ0) is 15.6. The predicted molar refractivity (Wildman–Crippen MR) is 79.2 cm³/mol. The highest BCUT2D eigenvalue weighted by Crippen LogP contribution is 2.27. The van der Waals surface area contributed by atoms with Crippen LogP contribution >= 0.6 is 0 Å². The molecule has 1 saturated heterocycles. The summed E-state index contributed by atoms with van der Waals surface area (Å²) >= 11 is 0. The Labute approximate surface area is 132 Å². The third-order valence-corrected chi connectivity index (χ3v) is 3.87. The highest BCUT2D eigenvalue weighted by molar-refractivity contribution is 5.73. The van der Waals surface area contributed by atoms with Gasteiger partial charge < -0.3 is 9.26 Å². The van der Waals surface area contributed by atoms with Crippen LogP contribution in [-0.4, -0.2) is 39.0 Å². The molecule has 0 radical (unpaired) electrons. The molecule has 1 unspecified atom stereocenters. The van der Waals surface area contributed by atoms with Gasteiger partial charge in [-0.15, -0.1) is 0 Å². The van der Waals surface area contributed by atoms with E-state index in [4.69, 9.17) is 13.9 Å². The van der Waals surface area contributed by atoms with Crippen molar-refractivity contribution in [3.8, 4) is 0 Å². The SMILES string of the molecule is CN(Cc1ccc2nonc2c1)Cc1noc(C2CCCO2)n1. The molecule has 120 valence electrons. The van der Waals surface area contributed by atoms with Crippen LogP contribution in [0.15, 0.2) is 27.4 Å². The van der Waals surface area contributed by atoms with E-state index in [0.717, 1.165) is 42.6 Å². The van der Waals surface area contributed by atoms with E-state index in [0.29, 0.717) is 18.3 Å². The molecule has 0 N–H and O–H groups in total. The summed E-state index contributed by atoms with van der Waals surface area (Å²) in [6.07, 6.45) is 1.95.